The maximum Gasteiger partial charge on any atom is 0.351 e. The van der Waals surface area contributed by atoms with Crippen molar-refractivity contribution in [1.29, 1.82) is 0 Å². The lowest BCUT2D eigenvalue weighted by atomic mass is 10.2. The van der Waals surface area contributed by atoms with E-state index in [0.717, 1.165) is 0 Å². The average Bonchev–Trinajstić information content (AvgIpc) is 2.67. The first kappa shape index (κ1) is 18.8. The Morgan fingerprint density at radius 2 is 1.75 bits per heavy atom. The number of hydrogen-bond donors (Lipinski definition) is 2. The molecule has 0 saturated heterocycles. The number of primary amides is 1. The van der Waals surface area contributed by atoms with Crippen LogP contribution in [-0.4, -0.2) is 23.9 Å². The zero-order valence-corrected chi connectivity index (χ0v) is 14.8. The molecule has 0 saturated carbocycles. The smallest absolute Gasteiger partial charge is 0.351 e. The van der Waals surface area contributed by atoms with Crippen molar-refractivity contribution in [3.8, 4) is 0 Å². The van der Waals surface area contributed by atoms with Crippen molar-refractivity contribution in [1.82, 2.24) is 0 Å². The molecule has 0 aliphatic rings. The van der Waals surface area contributed by atoms with Gasteiger partial charge in [-0.05, 0) is 43.3 Å². The lowest BCUT2D eigenvalue weighted by Gasteiger charge is -2.13. The minimum Gasteiger partial charge on any atom is -0.449 e. The number of ether oxygens (including phenoxy) is 1. The number of nitrogens with one attached hydrogen (secondary N) is 1. The Bertz CT molecular complexity index is 1120. The van der Waals surface area contributed by atoms with Crippen molar-refractivity contribution >= 4 is 34.4 Å². The van der Waals surface area contributed by atoms with E-state index in [1.165, 1.54) is 37.3 Å². The van der Waals surface area contributed by atoms with E-state index in [1.54, 1.807) is 24.3 Å². The van der Waals surface area contributed by atoms with Crippen LogP contribution in [0.25, 0.3) is 11.0 Å². The number of hydrogen-bond acceptors (Lipinski definition) is 6. The molecule has 1 atom stereocenters. The highest BCUT2D eigenvalue weighted by atomic mass is 16.5. The molecule has 1 aromatic heterocycles. The first-order valence-electron chi connectivity index (χ1n) is 8.30. The second kappa shape index (κ2) is 7.75. The van der Waals surface area contributed by atoms with Gasteiger partial charge in [-0.3, -0.25) is 9.59 Å². The van der Waals surface area contributed by atoms with Gasteiger partial charge in [0.25, 0.3) is 5.91 Å². The standard InChI is InChI=1S/C20H16N2O6/c1-11(18(24)22-14-8-6-12(7-9-14)17(21)23)27-19(25)15-10-13-4-2-3-5-16(13)28-20(15)26/h2-11H,1H3,(H2,21,23)(H,22,24)/t11-/m0/s1. The summed E-state index contributed by atoms with van der Waals surface area (Å²) in [6, 6.07) is 14.0. The van der Waals surface area contributed by atoms with E-state index in [1.807, 2.05) is 0 Å². The lowest BCUT2D eigenvalue weighted by Crippen LogP contribution is -2.31. The molecule has 3 aromatic rings. The summed E-state index contributed by atoms with van der Waals surface area (Å²) in [6.45, 7) is 1.37. The highest BCUT2D eigenvalue weighted by Gasteiger charge is 2.22. The van der Waals surface area contributed by atoms with Crippen LogP contribution in [0.15, 0.2) is 63.8 Å². The largest absolute Gasteiger partial charge is 0.449 e. The van der Waals surface area contributed by atoms with Crippen LogP contribution in [0, 0.1) is 0 Å². The topological polar surface area (TPSA) is 129 Å². The normalized spacial score (nSPS) is 11.6. The zero-order chi connectivity index (χ0) is 20.3. The fourth-order valence-corrected chi connectivity index (χ4v) is 2.44. The molecule has 142 valence electrons. The second-order valence-electron chi connectivity index (χ2n) is 5.96. The molecule has 0 fully saturated rings. The van der Waals surface area contributed by atoms with Crippen LogP contribution in [0.1, 0.15) is 27.6 Å². The van der Waals surface area contributed by atoms with Crippen molar-refractivity contribution in [2.45, 2.75) is 13.0 Å². The molecule has 0 spiro atoms. The molecular formula is C20H16N2O6. The molecule has 8 heteroatoms. The predicted molar refractivity (Wildman–Crippen MR) is 101 cm³/mol. The summed E-state index contributed by atoms with van der Waals surface area (Å²) < 4.78 is 10.2. The molecule has 0 radical (unpaired) electrons. The quantitative estimate of drug-likeness (QED) is 0.515. The Morgan fingerprint density at radius 3 is 2.43 bits per heavy atom. The van der Waals surface area contributed by atoms with E-state index >= 15 is 0 Å². The van der Waals surface area contributed by atoms with Gasteiger partial charge in [-0.15, -0.1) is 0 Å². The van der Waals surface area contributed by atoms with Crippen molar-refractivity contribution in [3.05, 3.63) is 76.1 Å². The number of amides is 2. The van der Waals surface area contributed by atoms with Crippen molar-refractivity contribution in [3.63, 3.8) is 0 Å². The zero-order valence-electron chi connectivity index (χ0n) is 14.8. The minimum atomic E-state index is -1.17. The summed E-state index contributed by atoms with van der Waals surface area (Å²) in [4.78, 5) is 47.5. The minimum absolute atomic E-state index is 0.292. The summed E-state index contributed by atoms with van der Waals surface area (Å²) in [6.07, 6.45) is -1.17. The van der Waals surface area contributed by atoms with Crippen LogP contribution < -0.4 is 16.7 Å². The van der Waals surface area contributed by atoms with Crippen molar-refractivity contribution < 1.29 is 23.5 Å². The first-order valence-corrected chi connectivity index (χ1v) is 8.30. The molecule has 2 aromatic carbocycles. The molecule has 8 nitrogen and oxygen atoms in total. The van der Waals surface area contributed by atoms with Crippen molar-refractivity contribution in [2.75, 3.05) is 5.32 Å². The molecule has 2 amide bonds. The molecular weight excluding hydrogens is 364 g/mol. The second-order valence-corrected chi connectivity index (χ2v) is 5.96. The molecule has 3 N–H and O–H groups in total. The molecule has 3 rings (SSSR count). The van der Waals surface area contributed by atoms with Gasteiger partial charge in [-0.25, -0.2) is 9.59 Å². The molecule has 0 bridgehead atoms. The number of para-hydroxylation sites is 1. The number of anilines is 1. The van der Waals surface area contributed by atoms with Gasteiger partial charge in [0.2, 0.25) is 5.91 Å². The van der Waals surface area contributed by atoms with Crippen LogP contribution in [-0.2, 0) is 9.53 Å². The van der Waals surface area contributed by atoms with Gasteiger partial charge in [0.15, 0.2) is 6.10 Å². The highest BCUT2D eigenvalue weighted by molar-refractivity contribution is 5.99. The Kier molecular flexibility index (Phi) is 5.21. The van der Waals surface area contributed by atoms with E-state index in [-0.39, 0.29) is 5.56 Å². The Morgan fingerprint density at radius 1 is 1.07 bits per heavy atom. The summed E-state index contributed by atoms with van der Waals surface area (Å²) in [5.74, 6) is -2.16. The van der Waals surface area contributed by atoms with E-state index in [0.29, 0.717) is 22.2 Å². The van der Waals surface area contributed by atoms with E-state index in [4.69, 9.17) is 14.9 Å². The highest BCUT2D eigenvalue weighted by Crippen LogP contribution is 2.14. The van der Waals surface area contributed by atoms with Gasteiger partial charge in [0.1, 0.15) is 11.1 Å². The Hall–Kier alpha value is -3.94. The van der Waals surface area contributed by atoms with Crippen LogP contribution in [0.3, 0.4) is 0 Å². The van der Waals surface area contributed by atoms with Gasteiger partial charge < -0.3 is 20.2 Å². The molecule has 0 aliphatic carbocycles. The Balaban J connectivity index is 1.69. The number of rotatable bonds is 5. The van der Waals surface area contributed by atoms with Gasteiger partial charge in [-0.1, -0.05) is 18.2 Å². The SMILES string of the molecule is C[C@H](OC(=O)c1cc2ccccc2oc1=O)C(=O)Nc1ccc(C(N)=O)cc1. The number of carbonyl (C=O) groups excluding carboxylic acids is 3. The van der Waals surface area contributed by atoms with Gasteiger partial charge >= 0.3 is 11.6 Å². The summed E-state index contributed by atoms with van der Waals surface area (Å²) in [5, 5.41) is 3.10. The third-order valence-corrected chi connectivity index (χ3v) is 3.95. The Labute approximate surface area is 158 Å². The summed E-state index contributed by atoms with van der Waals surface area (Å²) in [7, 11) is 0. The summed E-state index contributed by atoms with van der Waals surface area (Å²) in [5.41, 5.74) is 5.03. The number of nitrogens with two attached hydrogens (primary N) is 1. The van der Waals surface area contributed by atoms with Crippen LogP contribution in [0.2, 0.25) is 0 Å². The molecule has 0 aliphatic heterocycles. The average molecular weight is 380 g/mol. The van der Waals surface area contributed by atoms with Gasteiger partial charge in [-0.2, -0.15) is 0 Å². The fraction of sp³-hybridized carbons (Fsp3) is 0.100. The van der Waals surface area contributed by atoms with Gasteiger partial charge in [0.05, 0.1) is 0 Å². The first-order chi connectivity index (χ1) is 13.3. The van der Waals surface area contributed by atoms with E-state index in [9.17, 15) is 19.2 Å². The van der Waals surface area contributed by atoms with E-state index < -0.39 is 29.5 Å². The lowest BCUT2D eigenvalue weighted by molar-refractivity contribution is -0.123. The molecule has 1 heterocycles. The fourth-order valence-electron chi connectivity index (χ4n) is 2.44. The third kappa shape index (κ3) is 4.07. The predicted octanol–water partition coefficient (Wildman–Crippen LogP) is 2.08. The number of fused-ring (bicyclic) bond motifs is 1. The van der Waals surface area contributed by atoms with E-state index in [2.05, 4.69) is 5.32 Å². The number of carbonyl (C=O) groups is 3. The number of benzene rings is 2. The van der Waals surface area contributed by atoms with Gasteiger partial charge in [0, 0.05) is 16.6 Å². The maximum atomic E-state index is 12.3. The van der Waals surface area contributed by atoms with Crippen molar-refractivity contribution in [2.24, 2.45) is 5.73 Å². The molecule has 0 unspecified atom stereocenters. The monoisotopic (exact) mass is 380 g/mol. The van der Waals surface area contributed by atoms with Crippen LogP contribution in [0.4, 0.5) is 5.69 Å². The van der Waals surface area contributed by atoms with Crippen LogP contribution >= 0.6 is 0 Å². The number of esters is 1. The third-order valence-electron chi connectivity index (χ3n) is 3.95. The van der Waals surface area contributed by atoms with Crippen LogP contribution in [0.5, 0.6) is 0 Å². The molecule has 28 heavy (non-hydrogen) atoms. The maximum absolute atomic E-state index is 12.3. The summed E-state index contributed by atoms with van der Waals surface area (Å²) >= 11 is 0.